The topological polar surface area (TPSA) is 39.9 Å². The molecule has 3 aromatic rings. The highest BCUT2D eigenvalue weighted by Gasteiger charge is 2.10. The van der Waals surface area contributed by atoms with E-state index in [4.69, 9.17) is 9.72 Å². The number of allylic oxidation sites excluding steroid dienone is 4. The lowest BCUT2D eigenvalue weighted by molar-refractivity contribution is 0.335. The number of hydrogen-bond acceptors (Lipinski definition) is 3. The van der Waals surface area contributed by atoms with Crippen molar-refractivity contribution in [3.63, 3.8) is 0 Å². The van der Waals surface area contributed by atoms with Crippen molar-refractivity contribution in [1.29, 1.82) is 0 Å². The van der Waals surface area contributed by atoms with Gasteiger partial charge in [0.2, 0.25) is 5.88 Å². The molecule has 0 N–H and O–H groups in total. The van der Waals surface area contributed by atoms with Crippen LogP contribution < -0.4 is 4.74 Å². The summed E-state index contributed by atoms with van der Waals surface area (Å²) in [5.74, 6) is 0.417. The Morgan fingerprint density at radius 3 is 2.75 bits per heavy atom. The normalized spacial score (nSPS) is 14.0. The van der Waals surface area contributed by atoms with Crippen molar-refractivity contribution in [3.05, 3.63) is 83.0 Å². The van der Waals surface area contributed by atoms with Gasteiger partial charge in [-0.1, -0.05) is 24.3 Å². The number of benzene rings is 1. The van der Waals surface area contributed by atoms with Gasteiger partial charge < -0.3 is 4.74 Å². The number of ether oxygens (including phenoxy) is 1. The summed E-state index contributed by atoms with van der Waals surface area (Å²) in [6.45, 7) is 4.46. The van der Waals surface area contributed by atoms with Gasteiger partial charge in [-0.25, -0.2) is 9.37 Å². The molecule has 0 amide bonds. The largest absolute Gasteiger partial charge is 0.472 e. The monoisotopic (exact) mass is 375 g/mol. The first-order valence-corrected chi connectivity index (χ1v) is 9.27. The third-order valence-corrected chi connectivity index (χ3v) is 4.78. The standard InChI is InChI=1S/C23H22FN3O/c1-15-11-19-12-20(24)9-10-21(19)25-22(15)18-6-4-5-17(7-8-18)14-28-23-16(2)13-27(3)26-23/h5-13H,4,14H2,1-3H3. The Morgan fingerprint density at radius 1 is 1.11 bits per heavy atom. The zero-order valence-corrected chi connectivity index (χ0v) is 16.2. The van der Waals surface area contributed by atoms with Crippen LogP contribution in [0.4, 0.5) is 4.39 Å². The Balaban J connectivity index is 1.53. The van der Waals surface area contributed by atoms with Gasteiger partial charge in [-0.05, 0) is 61.2 Å². The first-order valence-electron chi connectivity index (χ1n) is 9.27. The summed E-state index contributed by atoms with van der Waals surface area (Å²) in [7, 11) is 1.88. The molecular weight excluding hydrogens is 353 g/mol. The number of aromatic nitrogens is 3. The Morgan fingerprint density at radius 2 is 1.96 bits per heavy atom. The Bertz CT molecular complexity index is 1140. The van der Waals surface area contributed by atoms with E-state index in [0.29, 0.717) is 12.5 Å². The molecule has 1 aliphatic rings. The zero-order chi connectivity index (χ0) is 19.7. The molecule has 0 atom stereocenters. The molecule has 1 aliphatic carbocycles. The van der Waals surface area contributed by atoms with Crippen LogP contribution in [0.25, 0.3) is 16.5 Å². The molecule has 2 heterocycles. The minimum absolute atomic E-state index is 0.244. The number of pyridine rings is 1. The highest BCUT2D eigenvalue weighted by Crippen LogP contribution is 2.26. The molecule has 0 saturated carbocycles. The molecule has 142 valence electrons. The maximum Gasteiger partial charge on any atom is 0.236 e. The van der Waals surface area contributed by atoms with Gasteiger partial charge in [-0.3, -0.25) is 4.68 Å². The smallest absolute Gasteiger partial charge is 0.236 e. The van der Waals surface area contributed by atoms with Crippen LogP contribution in [-0.2, 0) is 7.05 Å². The van der Waals surface area contributed by atoms with Crippen LogP contribution in [0.1, 0.15) is 23.2 Å². The van der Waals surface area contributed by atoms with Crippen molar-refractivity contribution >= 4 is 16.5 Å². The van der Waals surface area contributed by atoms with E-state index in [1.54, 1.807) is 10.7 Å². The van der Waals surface area contributed by atoms with E-state index >= 15 is 0 Å². The second kappa shape index (κ2) is 7.43. The lowest BCUT2D eigenvalue weighted by Crippen LogP contribution is -2.01. The lowest BCUT2D eigenvalue weighted by Gasteiger charge is -2.08. The molecule has 0 unspecified atom stereocenters. The molecule has 0 aliphatic heterocycles. The lowest BCUT2D eigenvalue weighted by atomic mass is 10.0. The van der Waals surface area contributed by atoms with Gasteiger partial charge in [0, 0.05) is 24.2 Å². The van der Waals surface area contributed by atoms with Gasteiger partial charge in [-0.2, -0.15) is 0 Å². The summed E-state index contributed by atoms with van der Waals surface area (Å²) in [6, 6.07) is 6.68. The summed E-state index contributed by atoms with van der Waals surface area (Å²) in [4.78, 5) is 4.76. The molecule has 0 radical (unpaired) electrons. The third-order valence-electron chi connectivity index (χ3n) is 4.78. The van der Waals surface area contributed by atoms with E-state index in [0.717, 1.165) is 45.3 Å². The maximum absolute atomic E-state index is 13.5. The number of hydrogen-bond donors (Lipinski definition) is 0. The molecule has 0 spiro atoms. The van der Waals surface area contributed by atoms with Crippen LogP contribution in [0.15, 0.2) is 60.3 Å². The van der Waals surface area contributed by atoms with E-state index in [9.17, 15) is 4.39 Å². The van der Waals surface area contributed by atoms with Crippen LogP contribution in [0.3, 0.4) is 0 Å². The predicted octanol–water partition coefficient (Wildman–Crippen LogP) is 5.07. The van der Waals surface area contributed by atoms with Crippen molar-refractivity contribution in [2.45, 2.75) is 20.3 Å². The number of halogens is 1. The Labute approximate surface area is 163 Å². The van der Waals surface area contributed by atoms with Gasteiger partial charge in [0.15, 0.2) is 0 Å². The molecule has 5 heteroatoms. The summed E-state index contributed by atoms with van der Waals surface area (Å²) < 4.78 is 21.1. The second-order valence-corrected chi connectivity index (χ2v) is 7.08. The fraction of sp³-hybridized carbons (Fsp3) is 0.217. The fourth-order valence-electron chi connectivity index (χ4n) is 3.38. The van der Waals surface area contributed by atoms with Crippen LogP contribution in [0.5, 0.6) is 5.88 Å². The summed E-state index contributed by atoms with van der Waals surface area (Å²) in [5.41, 5.74) is 5.92. The number of rotatable bonds is 4. The summed E-state index contributed by atoms with van der Waals surface area (Å²) in [5, 5.41) is 5.14. The van der Waals surface area contributed by atoms with E-state index in [1.165, 1.54) is 12.1 Å². The number of aryl methyl sites for hydroxylation is 3. The fourth-order valence-corrected chi connectivity index (χ4v) is 3.38. The quantitative estimate of drug-likeness (QED) is 0.639. The second-order valence-electron chi connectivity index (χ2n) is 7.08. The molecule has 28 heavy (non-hydrogen) atoms. The maximum atomic E-state index is 13.5. The first-order chi connectivity index (χ1) is 13.5. The van der Waals surface area contributed by atoms with E-state index < -0.39 is 0 Å². The average Bonchev–Trinajstić information content (AvgIpc) is 2.84. The molecule has 0 fully saturated rings. The van der Waals surface area contributed by atoms with E-state index in [-0.39, 0.29) is 5.82 Å². The Kier molecular flexibility index (Phi) is 4.82. The van der Waals surface area contributed by atoms with Gasteiger partial charge >= 0.3 is 0 Å². The van der Waals surface area contributed by atoms with Crippen molar-refractivity contribution in [3.8, 4) is 5.88 Å². The number of fused-ring (bicyclic) bond motifs is 1. The van der Waals surface area contributed by atoms with Crippen molar-refractivity contribution in [2.75, 3.05) is 6.61 Å². The van der Waals surface area contributed by atoms with Gasteiger partial charge in [0.1, 0.15) is 12.4 Å². The minimum Gasteiger partial charge on any atom is -0.472 e. The third kappa shape index (κ3) is 3.74. The van der Waals surface area contributed by atoms with Gasteiger partial charge in [-0.15, -0.1) is 5.10 Å². The first kappa shape index (κ1) is 18.2. The molecule has 1 aromatic carbocycles. The van der Waals surface area contributed by atoms with Crippen molar-refractivity contribution < 1.29 is 9.13 Å². The van der Waals surface area contributed by atoms with E-state index in [1.807, 2.05) is 33.2 Å². The minimum atomic E-state index is -0.244. The van der Waals surface area contributed by atoms with Crippen molar-refractivity contribution in [1.82, 2.24) is 14.8 Å². The summed E-state index contributed by atoms with van der Waals surface area (Å²) in [6.07, 6.45) is 11.2. The average molecular weight is 375 g/mol. The Hall–Kier alpha value is -3.21. The summed E-state index contributed by atoms with van der Waals surface area (Å²) >= 11 is 0. The van der Waals surface area contributed by atoms with Crippen LogP contribution in [0.2, 0.25) is 0 Å². The van der Waals surface area contributed by atoms with Gasteiger partial charge in [0.05, 0.1) is 11.2 Å². The highest BCUT2D eigenvalue weighted by molar-refractivity contribution is 5.84. The van der Waals surface area contributed by atoms with E-state index in [2.05, 4.69) is 29.4 Å². The molecule has 0 bridgehead atoms. The molecule has 4 nitrogen and oxygen atoms in total. The number of nitrogens with zero attached hydrogens (tertiary/aromatic N) is 3. The van der Waals surface area contributed by atoms with Gasteiger partial charge in [0.25, 0.3) is 0 Å². The van der Waals surface area contributed by atoms with Crippen LogP contribution in [0, 0.1) is 19.7 Å². The van der Waals surface area contributed by atoms with Crippen LogP contribution in [-0.4, -0.2) is 21.4 Å². The predicted molar refractivity (Wildman–Crippen MR) is 110 cm³/mol. The van der Waals surface area contributed by atoms with Crippen LogP contribution >= 0.6 is 0 Å². The SMILES string of the molecule is Cc1cn(C)nc1OCC1=CCC=C(c2nc3ccc(F)cc3cc2C)C=C1. The van der Waals surface area contributed by atoms with Crippen molar-refractivity contribution in [2.24, 2.45) is 7.05 Å². The molecule has 0 saturated heterocycles. The highest BCUT2D eigenvalue weighted by atomic mass is 19.1. The molecular formula is C23H22FN3O. The zero-order valence-electron chi connectivity index (χ0n) is 16.2. The molecule has 2 aromatic heterocycles. The molecule has 4 rings (SSSR count).